The number of aromatic nitrogens is 1. The van der Waals surface area contributed by atoms with Gasteiger partial charge in [0.25, 0.3) is 0 Å². The average Bonchev–Trinajstić information content (AvgIpc) is 2.53. The van der Waals surface area contributed by atoms with Crippen LogP contribution in [0, 0.1) is 0 Å². The minimum absolute atomic E-state index is 0.00958. The minimum Gasteiger partial charge on any atom is -0.497 e. The zero-order chi connectivity index (χ0) is 14.5. The molecule has 1 atom stereocenters. The summed E-state index contributed by atoms with van der Waals surface area (Å²) in [5.41, 5.74) is 9.02. The van der Waals surface area contributed by atoms with Crippen molar-refractivity contribution in [3.05, 3.63) is 48.3 Å². The van der Waals surface area contributed by atoms with Crippen molar-refractivity contribution in [3.63, 3.8) is 0 Å². The van der Waals surface area contributed by atoms with E-state index in [0.717, 1.165) is 29.2 Å². The molecule has 0 aliphatic carbocycles. The van der Waals surface area contributed by atoms with E-state index in [-0.39, 0.29) is 6.04 Å². The molecule has 0 aliphatic heterocycles. The highest BCUT2D eigenvalue weighted by molar-refractivity contribution is 5.62. The Balaban J connectivity index is 2.17. The standard InChI is InChI=1S/C16H21N3O/c1-4-15(17)16-10-7-13(11-18-16)19(2)12-5-8-14(20-3)9-6-12/h5-11,15H,4,17H2,1-3H3/t15-/m0/s1. The van der Waals surface area contributed by atoms with Gasteiger partial charge in [0.2, 0.25) is 0 Å². The molecule has 2 rings (SSSR count). The van der Waals surface area contributed by atoms with Gasteiger partial charge in [-0.15, -0.1) is 0 Å². The van der Waals surface area contributed by atoms with Crippen LogP contribution in [0.15, 0.2) is 42.6 Å². The number of nitrogens with zero attached hydrogens (tertiary/aromatic N) is 2. The highest BCUT2D eigenvalue weighted by Crippen LogP contribution is 2.25. The molecule has 4 nitrogen and oxygen atoms in total. The van der Waals surface area contributed by atoms with E-state index in [0.29, 0.717) is 0 Å². The molecule has 0 radical (unpaired) electrons. The maximum atomic E-state index is 5.97. The van der Waals surface area contributed by atoms with Crippen molar-refractivity contribution in [2.24, 2.45) is 5.73 Å². The molecule has 0 amide bonds. The lowest BCUT2D eigenvalue weighted by atomic mass is 10.1. The Hall–Kier alpha value is -2.07. The second-order valence-corrected chi connectivity index (χ2v) is 4.71. The third-order valence-corrected chi connectivity index (χ3v) is 3.44. The molecule has 1 heterocycles. The fourth-order valence-corrected chi connectivity index (χ4v) is 1.98. The van der Waals surface area contributed by atoms with Crippen LogP contribution in [0.1, 0.15) is 25.1 Å². The first-order valence-electron chi connectivity index (χ1n) is 6.75. The van der Waals surface area contributed by atoms with Crippen LogP contribution in [-0.4, -0.2) is 19.1 Å². The van der Waals surface area contributed by atoms with Gasteiger partial charge in [-0.3, -0.25) is 4.98 Å². The highest BCUT2D eigenvalue weighted by Gasteiger charge is 2.08. The summed E-state index contributed by atoms with van der Waals surface area (Å²) in [6, 6.07) is 12.0. The Morgan fingerprint density at radius 1 is 1.15 bits per heavy atom. The number of pyridine rings is 1. The normalized spacial score (nSPS) is 12.0. The van der Waals surface area contributed by atoms with Crippen molar-refractivity contribution in [3.8, 4) is 5.75 Å². The SMILES string of the molecule is CC[C@H](N)c1ccc(N(C)c2ccc(OC)cc2)cn1. The van der Waals surface area contributed by atoms with Crippen LogP contribution in [-0.2, 0) is 0 Å². The molecule has 2 N–H and O–H groups in total. The smallest absolute Gasteiger partial charge is 0.119 e. The van der Waals surface area contributed by atoms with E-state index >= 15 is 0 Å². The van der Waals surface area contributed by atoms with E-state index in [4.69, 9.17) is 10.5 Å². The second-order valence-electron chi connectivity index (χ2n) is 4.71. The first-order chi connectivity index (χ1) is 9.65. The van der Waals surface area contributed by atoms with Crippen LogP contribution in [0.25, 0.3) is 0 Å². The predicted molar refractivity (Wildman–Crippen MR) is 82.5 cm³/mol. The molecule has 0 saturated heterocycles. The molecule has 106 valence electrons. The van der Waals surface area contributed by atoms with Crippen LogP contribution in [0.5, 0.6) is 5.75 Å². The number of anilines is 2. The van der Waals surface area contributed by atoms with E-state index in [1.165, 1.54) is 0 Å². The van der Waals surface area contributed by atoms with Gasteiger partial charge in [-0.05, 0) is 42.8 Å². The summed E-state index contributed by atoms with van der Waals surface area (Å²) >= 11 is 0. The molecule has 0 saturated carbocycles. The first-order valence-corrected chi connectivity index (χ1v) is 6.75. The molecular weight excluding hydrogens is 250 g/mol. The van der Waals surface area contributed by atoms with Crippen molar-refractivity contribution >= 4 is 11.4 Å². The lowest BCUT2D eigenvalue weighted by molar-refractivity contribution is 0.415. The van der Waals surface area contributed by atoms with Crippen LogP contribution in [0.3, 0.4) is 0 Å². The first kappa shape index (κ1) is 14.3. The molecule has 0 bridgehead atoms. The topological polar surface area (TPSA) is 51.4 Å². The Labute approximate surface area is 120 Å². The molecule has 1 aromatic carbocycles. The molecule has 0 unspecified atom stereocenters. The van der Waals surface area contributed by atoms with E-state index in [1.807, 2.05) is 49.6 Å². The third-order valence-electron chi connectivity index (χ3n) is 3.44. The lowest BCUT2D eigenvalue weighted by Gasteiger charge is -2.20. The number of rotatable bonds is 5. The number of nitrogens with two attached hydrogens (primary N) is 1. The maximum absolute atomic E-state index is 5.97. The van der Waals surface area contributed by atoms with Crippen molar-refractivity contribution in [2.75, 3.05) is 19.1 Å². The van der Waals surface area contributed by atoms with Gasteiger partial charge in [-0.2, -0.15) is 0 Å². The zero-order valence-electron chi connectivity index (χ0n) is 12.2. The lowest BCUT2D eigenvalue weighted by Crippen LogP contribution is -2.13. The van der Waals surface area contributed by atoms with Crippen LogP contribution >= 0.6 is 0 Å². The summed E-state index contributed by atoms with van der Waals surface area (Å²) in [5.74, 6) is 0.851. The number of methoxy groups -OCH3 is 1. The van der Waals surface area contributed by atoms with Crippen molar-refractivity contribution < 1.29 is 4.74 Å². The van der Waals surface area contributed by atoms with Gasteiger partial charge < -0.3 is 15.4 Å². The van der Waals surface area contributed by atoms with E-state index in [2.05, 4.69) is 16.8 Å². The molecular formula is C16H21N3O. The fraction of sp³-hybridized carbons (Fsp3) is 0.312. The number of ether oxygens (including phenoxy) is 1. The monoisotopic (exact) mass is 271 g/mol. The Kier molecular flexibility index (Phi) is 4.58. The summed E-state index contributed by atoms with van der Waals surface area (Å²) < 4.78 is 5.16. The van der Waals surface area contributed by atoms with Gasteiger partial charge in [0.05, 0.1) is 24.7 Å². The number of hydrogen-bond acceptors (Lipinski definition) is 4. The fourth-order valence-electron chi connectivity index (χ4n) is 1.98. The molecule has 0 fully saturated rings. The number of hydrogen-bond donors (Lipinski definition) is 1. The highest BCUT2D eigenvalue weighted by atomic mass is 16.5. The summed E-state index contributed by atoms with van der Waals surface area (Å²) in [5, 5.41) is 0. The van der Waals surface area contributed by atoms with Crippen molar-refractivity contribution in [1.82, 2.24) is 4.98 Å². The van der Waals surface area contributed by atoms with Crippen LogP contribution in [0.4, 0.5) is 11.4 Å². The predicted octanol–water partition coefficient (Wildman–Crippen LogP) is 3.27. The molecule has 0 spiro atoms. The van der Waals surface area contributed by atoms with E-state index in [9.17, 15) is 0 Å². The molecule has 1 aromatic heterocycles. The maximum Gasteiger partial charge on any atom is 0.119 e. The largest absolute Gasteiger partial charge is 0.497 e. The van der Waals surface area contributed by atoms with Gasteiger partial charge >= 0.3 is 0 Å². The van der Waals surface area contributed by atoms with Gasteiger partial charge in [0, 0.05) is 18.8 Å². The third kappa shape index (κ3) is 3.08. The minimum atomic E-state index is 0.00958. The summed E-state index contributed by atoms with van der Waals surface area (Å²) in [6.45, 7) is 2.06. The Bertz CT molecular complexity index is 537. The van der Waals surface area contributed by atoms with Crippen LogP contribution in [0.2, 0.25) is 0 Å². The summed E-state index contributed by atoms with van der Waals surface area (Å²) in [6.07, 6.45) is 2.75. The summed E-state index contributed by atoms with van der Waals surface area (Å²) in [4.78, 5) is 6.52. The Morgan fingerprint density at radius 3 is 2.30 bits per heavy atom. The molecule has 2 aromatic rings. The van der Waals surface area contributed by atoms with Gasteiger partial charge in [-0.25, -0.2) is 0 Å². The molecule has 20 heavy (non-hydrogen) atoms. The Morgan fingerprint density at radius 2 is 1.80 bits per heavy atom. The number of benzene rings is 1. The molecule has 0 aliphatic rings. The summed E-state index contributed by atoms with van der Waals surface area (Å²) in [7, 11) is 3.68. The van der Waals surface area contributed by atoms with E-state index in [1.54, 1.807) is 7.11 Å². The van der Waals surface area contributed by atoms with Gasteiger partial charge in [0.1, 0.15) is 5.75 Å². The van der Waals surface area contributed by atoms with Gasteiger partial charge in [0.15, 0.2) is 0 Å². The van der Waals surface area contributed by atoms with E-state index < -0.39 is 0 Å². The van der Waals surface area contributed by atoms with Crippen molar-refractivity contribution in [1.29, 1.82) is 0 Å². The zero-order valence-corrected chi connectivity index (χ0v) is 12.2. The van der Waals surface area contributed by atoms with Crippen molar-refractivity contribution in [2.45, 2.75) is 19.4 Å². The van der Waals surface area contributed by atoms with Crippen LogP contribution < -0.4 is 15.4 Å². The molecule has 4 heteroatoms. The van der Waals surface area contributed by atoms with Gasteiger partial charge in [-0.1, -0.05) is 6.92 Å². The quantitative estimate of drug-likeness (QED) is 0.906. The second kappa shape index (κ2) is 6.39. The average molecular weight is 271 g/mol.